The third kappa shape index (κ3) is 1.37. The highest BCUT2D eigenvalue weighted by atomic mass is 16.4. The standard InChI is InChI=1S/C7H11NO2/c1-8(2)7(9)6-4-3-5-10-6/h3-5,7,9H,1-2H3. The van der Waals surface area contributed by atoms with E-state index in [9.17, 15) is 5.11 Å². The molecule has 1 atom stereocenters. The number of aliphatic hydroxyl groups is 1. The fraction of sp³-hybridized carbons (Fsp3) is 0.429. The maximum Gasteiger partial charge on any atom is 0.165 e. The van der Waals surface area contributed by atoms with Crippen molar-refractivity contribution in [2.75, 3.05) is 14.1 Å². The fourth-order valence-corrected chi connectivity index (χ4v) is 0.693. The highest BCUT2D eigenvalue weighted by Gasteiger charge is 2.10. The minimum atomic E-state index is -0.630. The Bertz CT molecular complexity index is 181. The molecule has 0 aromatic carbocycles. The molecule has 1 N–H and O–H groups in total. The number of aliphatic hydroxyl groups excluding tert-OH is 1. The first kappa shape index (κ1) is 7.31. The number of nitrogens with zero attached hydrogens (tertiary/aromatic N) is 1. The van der Waals surface area contributed by atoms with Crippen molar-refractivity contribution in [2.24, 2.45) is 0 Å². The summed E-state index contributed by atoms with van der Waals surface area (Å²) in [6.07, 6.45) is 0.914. The molecule has 1 unspecified atom stereocenters. The lowest BCUT2D eigenvalue weighted by Gasteiger charge is -2.14. The van der Waals surface area contributed by atoms with Crippen molar-refractivity contribution in [1.82, 2.24) is 4.90 Å². The van der Waals surface area contributed by atoms with E-state index in [1.165, 1.54) is 0 Å². The van der Waals surface area contributed by atoms with E-state index in [1.54, 1.807) is 37.4 Å². The molecule has 0 radical (unpaired) electrons. The van der Waals surface area contributed by atoms with Gasteiger partial charge in [0.2, 0.25) is 0 Å². The number of furan rings is 1. The highest BCUT2D eigenvalue weighted by molar-refractivity contribution is 5.00. The topological polar surface area (TPSA) is 36.6 Å². The Kier molecular flexibility index (Phi) is 2.09. The summed E-state index contributed by atoms with van der Waals surface area (Å²) in [6, 6.07) is 3.49. The molecule has 0 saturated heterocycles. The number of hydrogen-bond donors (Lipinski definition) is 1. The highest BCUT2D eigenvalue weighted by Crippen LogP contribution is 2.13. The summed E-state index contributed by atoms with van der Waals surface area (Å²) in [5.74, 6) is 0.574. The van der Waals surface area contributed by atoms with Crippen LogP contribution in [0.5, 0.6) is 0 Å². The van der Waals surface area contributed by atoms with Crippen LogP contribution in [0.25, 0.3) is 0 Å². The van der Waals surface area contributed by atoms with Gasteiger partial charge in [-0.05, 0) is 26.2 Å². The van der Waals surface area contributed by atoms with Crippen molar-refractivity contribution in [3.63, 3.8) is 0 Å². The van der Waals surface area contributed by atoms with Gasteiger partial charge >= 0.3 is 0 Å². The van der Waals surface area contributed by atoms with E-state index < -0.39 is 6.23 Å². The Labute approximate surface area is 59.9 Å². The summed E-state index contributed by atoms with van der Waals surface area (Å²) < 4.78 is 4.96. The monoisotopic (exact) mass is 141 g/mol. The summed E-state index contributed by atoms with van der Waals surface area (Å²) in [5, 5.41) is 9.32. The van der Waals surface area contributed by atoms with Gasteiger partial charge < -0.3 is 9.52 Å². The van der Waals surface area contributed by atoms with Gasteiger partial charge in [-0.15, -0.1) is 0 Å². The molecule has 1 heterocycles. The minimum absolute atomic E-state index is 0.574. The lowest BCUT2D eigenvalue weighted by Crippen LogP contribution is -2.18. The zero-order chi connectivity index (χ0) is 7.56. The molecule has 1 aromatic rings. The molecule has 3 nitrogen and oxygen atoms in total. The maximum absolute atomic E-state index is 9.32. The van der Waals surface area contributed by atoms with Gasteiger partial charge in [-0.1, -0.05) is 0 Å². The molecule has 1 aromatic heterocycles. The summed E-state index contributed by atoms with van der Waals surface area (Å²) in [4.78, 5) is 1.67. The van der Waals surface area contributed by atoms with Crippen LogP contribution in [0.3, 0.4) is 0 Å². The molecule has 3 heteroatoms. The second-order valence-electron chi connectivity index (χ2n) is 2.35. The Balaban J connectivity index is 2.68. The first-order valence-electron chi connectivity index (χ1n) is 3.09. The van der Waals surface area contributed by atoms with Crippen LogP contribution in [0.2, 0.25) is 0 Å². The van der Waals surface area contributed by atoms with Gasteiger partial charge in [0.25, 0.3) is 0 Å². The normalized spacial score (nSPS) is 14.0. The van der Waals surface area contributed by atoms with Gasteiger partial charge in [0.15, 0.2) is 6.23 Å². The average Bonchev–Trinajstić information content (AvgIpc) is 2.36. The van der Waals surface area contributed by atoms with Crippen LogP contribution < -0.4 is 0 Å². The molecule has 1 rings (SSSR count). The average molecular weight is 141 g/mol. The predicted octanol–water partition coefficient (Wildman–Crippen LogP) is 0.832. The summed E-state index contributed by atoms with van der Waals surface area (Å²) in [6.45, 7) is 0. The van der Waals surface area contributed by atoms with Crippen LogP contribution >= 0.6 is 0 Å². The molecular weight excluding hydrogens is 130 g/mol. The lowest BCUT2D eigenvalue weighted by molar-refractivity contribution is 0.0209. The van der Waals surface area contributed by atoms with Crippen LogP contribution in [-0.4, -0.2) is 24.1 Å². The SMILES string of the molecule is CN(C)C(O)c1ccco1. The van der Waals surface area contributed by atoms with Gasteiger partial charge in [0.1, 0.15) is 5.76 Å². The summed E-state index contributed by atoms with van der Waals surface area (Å²) in [7, 11) is 3.57. The molecule has 0 fully saturated rings. The molecule has 56 valence electrons. The molecule has 0 saturated carbocycles. The van der Waals surface area contributed by atoms with Gasteiger partial charge in [-0.3, -0.25) is 4.90 Å². The lowest BCUT2D eigenvalue weighted by atomic mass is 10.4. The minimum Gasteiger partial charge on any atom is -0.465 e. The molecule has 0 amide bonds. The van der Waals surface area contributed by atoms with E-state index in [0.717, 1.165) is 0 Å². The third-order valence-electron chi connectivity index (χ3n) is 1.29. The zero-order valence-corrected chi connectivity index (χ0v) is 6.11. The quantitative estimate of drug-likeness (QED) is 0.620. The Morgan fingerprint density at radius 1 is 1.60 bits per heavy atom. The van der Waals surface area contributed by atoms with Gasteiger partial charge in [0, 0.05) is 0 Å². The molecular formula is C7H11NO2. The van der Waals surface area contributed by atoms with Crippen molar-refractivity contribution in [3.8, 4) is 0 Å². The van der Waals surface area contributed by atoms with E-state index in [4.69, 9.17) is 4.42 Å². The Hall–Kier alpha value is -0.800. The van der Waals surface area contributed by atoms with Gasteiger partial charge in [-0.2, -0.15) is 0 Å². The van der Waals surface area contributed by atoms with E-state index in [0.29, 0.717) is 5.76 Å². The molecule has 0 aliphatic carbocycles. The number of hydrogen-bond acceptors (Lipinski definition) is 3. The second-order valence-corrected chi connectivity index (χ2v) is 2.35. The van der Waals surface area contributed by atoms with Crippen molar-refractivity contribution in [3.05, 3.63) is 24.2 Å². The first-order valence-corrected chi connectivity index (χ1v) is 3.09. The van der Waals surface area contributed by atoms with Crippen LogP contribution in [-0.2, 0) is 0 Å². The van der Waals surface area contributed by atoms with Crippen molar-refractivity contribution in [2.45, 2.75) is 6.23 Å². The van der Waals surface area contributed by atoms with Crippen LogP contribution in [0.1, 0.15) is 12.0 Å². The van der Waals surface area contributed by atoms with Gasteiger partial charge in [0.05, 0.1) is 6.26 Å². The zero-order valence-electron chi connectivity index (χ0n) is 6.11. The molecule has 0 bridgehead atoms. The molecule has 0 aliphatic rings. The predicted molar refractivity (Wildman–Crippen MR) is 37.4 cm³/mol. The van der Waals surface area contributed by atoms with E-state index in [-0.39, 0.29) is 0 Å². The summed E-state index contributed by atoms with van der Waals surface area (Å²) in [5.41, 5.74) is 0. The fourth-order valence-electron chi connectivity index (χ4n) is 0.693. The number of rotatable bonds is 2. The third-order valence-corrected chi connectivity index (χ3v) is 1.29. The largest absolute Gasteiger partial charge is 0.465 e. The van der Waals surface area contributed by atoms with E-state index in [1.807, 2.05) is 0 Å². The molecule has 0 aliphatic heterocycles. The van der Waals surface area contributed by atoms with Crippen molar-refractivity contribution < 1.29 is 9.52 Å². The smallest absolute Gasteiger partial charge is 0.165 e. The Morgan fingerprint density at radius 2 is 2.30 bits per heavy atom. The van der Waals surface area contributed by atoms with Crippen molar-refractivity contribution in [1.29, 1.82) is 0 Å². The maximum atomic E-state index is 9.32. The van der Waals surface area contributed by atoms with E-state index in [2.05, 4.69) is 0 Å². The molecule has 10 heavy (non-hydrogen) atoms. The second kappa shape index (κ2) is 2.86. The van der Waals surface area contributed by atoms with Gasteiger partial charge in [-0.25, -0.2) is 0 Å². The van der Waals surface area contributed by atoms with E-state index >= 15 is 0 Å². The van der Waals surface area contributed by atoms with Crippen LogP contribution in [0.15, 0.2) is 22.8 Å². The van der Waals surface area contributed by atoms with Crippen LogP contribution in [0.4, 0.5) is 0 Å². The van der Waals surface area contributed by atoms with Crippen LogP contribution in [0, 0.1) is 0 Å². The first-order chi connectivity index (χ1) is 4.72. The summed E-state index contributed by atoms with van der Waals surface area (Å²) >= 11 is 0. The molecule has 0 spiro atoms. The Morgan fingerprint density at radius 3 is 2.70 bits per heavy atom. The van der Waals surface area contributed by atoms with Crippen molar-refractivity contribution >= 4 is 0 Å².